The number of nitrogens with one attached hydrogen (secondary N) is 1. The number of hydrogen-bond acceptors (Lipinski definition) is 4. The first kappa shape index (κ1) is 13.8. The highest BCUT2D eigenvalue weighted by Crippen LogP contribution is 2.31. The molecule has 21 heavy (non-hydrogen) atoms. The Hall–Kier alpha value is -2.14. The molecule has 3 aromatic rings. The summed E-state index contributed by atoms with van der Waals surface area (Å²) in [4.78, 5) is 8.87. The van der Waals surface area contributed by atoms with Crippen LogP contribution in [0.4, 0.5) is 5.69 Å². The van der Waals surface area contributed by atoms with Crippen molar-refractivity contribution < 1.29 is 4.74 Å². The second-order valence-corrected chi connectivity index (χ2v) is 5.81. The molecule has 0 saturated heterocycles. The molecule has 4 nitrogen and oxygen atoms in total. The summed E-state index contributed by atoms with van der Waals surface area (Å²) in [5.74, 6) is 0.801. The number of ether oxygens (including phenoxy) is 1. The van der Waals surface area contributed by atoms with E-state index in [0.29, 0.717) is 12.3 Å². The second-order valence-electron chi connectivity index (χ2n) is 4.75. The van der Waals surface area contributed by atoms with Gasteiger partial charge in [-0.3, -0.25) is 0 Å². The van der Waals surface area contributed by atoms with Crippen LogP contribution in [-0.4, -0.2) is 16.6 Å². The molecule has 0 bridgehead atoms. The van der Waals surface area contributed by atoms with Crippen LogP contribution < -0.4 is 10.5 Å². The second kappa shape index (κ2) is 6.10. The van der Waals surface area contributed by atoms with Gasteiger partial charge in [0.15, 0.2) is 5.16 Å². The summed E-state index contributed by atoms with van der Waals surface area (Å²) in [5, 5.41) is 0.850. The maximum atomic E-state index is 5.94. The van der Waals surface area contributed by atoms with Crippen molar-refractivity contribution >= 4 is 28.5 Å². The van der Waals surface area contributed by atoms with E-state index in [1.807, 2.05) is 42.5 Å². The average Bonchev–Trinajstić information content (AvgIpc) is 2.86. The molecule has 5 heteroatoms. The van der Waals surface area contributed by atoms with Crippen LogP contribution in [0.5, 0.6) is 5.75 Å². The van der Waals surface area contributed by atoms with E-state index in [0.717, 1.165) is 33.3 Å². The Bertz CT molecular complexity index is 721. The van der Waals surface area contributed by atoms with E-state index < -0.39 is 0 Å². The maximum absolute atomic E-state index is 5.94. The molecular weight excluding hydrogens is 282 g/mol. The lowest BCUT2D eigenvalue weighted by atomic mass is 10.3. The Balaban J connectivity index is 1.84. The minimum absolute atomic E-state index is 0.693. The lowest BCUT2D eigenvalue weighted by molar-refractivity contribution is 0.317. The number of aromatic nitrogens is 2. The van der Waals surface area contributed by atoms with E-state index in [9.17, 15) is 0 Å². The van der Waals surface area contributed by atoms with E-state index >= 15 is 0 Å². The normalized spacial score (nSPS) is 10.9. The fourth-order valence-corrected chi connectivity index (χ4v) is 2.94. The summed E-state index contributed by atoms with van der Waals surface area (Å²) in [5.41, 5.74) is 8.63. The number of nitrogen functional groups attached to an aromatic ring is 1. The number of anilines is 1. The molecule has 0 aliphatic carbocycles. The van der Waals surface area contributed by atoms with E-state index in [2.05, 4.69) is 16.9 Å². The zero-order valence-electron chi connectivity index (χ0n) is 11.8. The molecule has 1 aromatic heterocycles. The van der Waals surface area contributed by atoms with Gasteiger partial charge < -0.3 is 15.5 Å². The number of benzene rings is 2. The molecule has 0 aliphatic heterocycles. The largest absolute Gasteiger partial charge is 0.493 e. The van der Waals surface area contributed by atoms with Crippen LogP contribution in [0, 0.1) is 0 Å². The van der Waals surface area contributed by atoms with Gasteiger partial charge in [-0.15, -0.1) is 0 Å². The molecule has 2 aromatic carbocycles. The molecule has 1 heterocycles. The molecule has 0 aliphatic rings. The number of rotatable bonds is 5. The first-order chi connectivity index (χ1) is 10.2. The topological polar surface area (TPSA) is 63.9 Å². The van der Waals surface area contributed by atoms with Crippen molar-refractivity contribution in [3.8, 4) is 5.75 Å². The molecular formula is C16H17N3OS. The van der Waals surface area contributed by atoms with Gasteiger partial charge in [-0.05, 0) is 30.7 Å². The molecule has 0 unspecified atom stereocenters. The van der Waals surface area contributed by atoms with Crippen molar-refractivity contribution in [3.63, 3.8) is 0 Å². The van der Waals surface area contributed by atoms with Crippen LogP contribution in [0.2, 0.25) is 0 Å². The molecule has 0 saturated carbocycles. The van der Waals surface area contributed by atoms with Crippen LogP contribution in [-0.2, 0) is 0 Å². The number of H-pyrrole nitrogens is 1. The third kappa shape index (κ3) is 3.31. The number of nitrogens with zero attached hydrogens (tertiary/aromatic N) is 1. The minimum atomic E-state index is 0.693. The number of fused-ring (bicyclic) bond motifs is 1. The fourth-order valence-electron chi connectivity index (χ4n) is 2.05. The maximum Gasteiger partial charge on any atom is 0.171 e. The molecule has 0 spiro atoms. The van der Waals surface area contributed by atoms with Crippen molar-refractivity contribution in [3.05, 3.63) is 42.5 Å². The molecule has 0 amide bonds. The molecule has 3 rings (SSSR count). The van der Waals surface area contributed by atoms with Gasteiger partial charge >= 0.3 is 0 Å². The lowest BCUT2D eigenvalue weighted by Gasteiger charge is -2.07. The zero-order valence-corrected chi connectivity index (χ0v) is 12.6. The monoisotopic (exact) mass is 299 g/mol. The van der Waals surface area contributed by atoms with E-state index in [1.165, 1.54) is 0 Å². The Morgan fingerprint density at radius 1 is 1.24 bits per heavy atom. The quantitative estimate of drug-likeness (QED) is 0.697. The Labute approximate surface area is 127 Å². The summed E-state index contributed by atoms with van der Waals surface area (Å²) >= 11 is 1.55. The molecule has 0 atom stereocenters. The van der Waals surface area contributed by atoms with Gasteiger partial charge in [0.25, 0.3) is 0 Å². The molecule has 108 valence electrons. The number of hydrogen-bond donors (Lipinski definition) is 2. The van der Waals surface area contributed by atoms with Crippen LogP contribution in [0.1, 0.15) is 13.3 Å². The van der Waals surface area contributed by atoms with Gasteiger partial charge in [0.05, 0.1) is 17.6 Å². The van der Waals surface area contributed by atoms with E-state index in [-0.39, 0.29) is 0 Å². The Morgan fingerprint density at radius 2 is 2.10 bits per heavy atom. The van der Waals surface area contributed by atoms with Gasteiger partial charge in [-0.25, -0.2) is 4.98 Å². The van der Waals surface area contributed by atoms with Crippen molar-refractivity contribution in [2.75, 3.05) is 12.3 Å². The summed E-state index contributed by atoms with van der Waals surface area (Å²) in [6, 6.07) is 13.7. The van der Waals surface area contributed by atoms with Gasteiger partial charge in [0.2, 0.25) is 0 Å². The fraction of sp³-hybridized carbons (Fsp3) is 0.188. The van der Waals surface area contributed by atoms with Crippen LogP contribution >= 0.6 is 11.8 Å². The van der Waals surface area contributed by atoms with Crippen molar-refractivity contribution in [2.45, 2.75) is 23.4 Å². The summed E-state index contributed by atoms with van der Waals surface area (Å²) in [6.45, 7) is 2.77. The highest BCUT2D eigenvalue weighted by atomic mass is 32.2. The van der Waals surface area contributed by atoms with Crippen LogP contribution in [0.15, 0.2) is 52.5 Å². The zero-order chi connectivity index (χ0) is 14.7. The van der Waals surface area contributed by atoms with Gasteiger partial charge in [0.1, 0.15) is 5.75 Å². The van der Waals surface area contributed by atoms with Crippen molar-refractivity contribution in [2.24, 2.45) is 0 Å². The third-order valence-electron chi connectivity index (χ3n) is 2.96. The smallest absolute Gasteiger partial charge is 0.171 e. The number of imidazole rings is 1. The molecule has 3 N–H and O–H groups in total. The van der Waals surface area contributed by atoms with Gasteiger partial charge in [0, 0.05) is 16.6 Å². The van der Waals surface area contributed by atoms with Gasteiger partial charge in [-0.2, -0.15) is 0 Å². The van der Waals surface area contributed by atoms with E-state index in [4.69, 9.17) is 10.5 Å². The predicted molar refractivity (Wildman–Crippen MR) is 86.9 cm³/mol. The Kier molecular flexibility index (Phi) is 4.01. The Morgan fingerprint density at radius 3 is 2.90 bits per heavy atom. The van der Waals surface area contributed by atoms with Gasteiger partial charge in [-0.1, -0.05) is 30.8 Å². The van der Waals surface area contributed by atoms with Crippen LogP contribution in [0.25, 0.3) is 11.0 Å². The predicted octanol–water partition coefficient (Wildman–Crippen LogP) is 4.09. The highest BCUT2D eigenvalue weighted by Gasteiger charge is 2.06. The number of nitrogens with two attached hydrogens (primary N) is 1. The molecule has 0 fully saturated rings. The highest BCUT2D eigenvalue weighted by molar-refractivity contribution is 7.99. The summed E-state index contributed by atoms with van der Waals surface area (Å²) < 4.78 is 5.65. The molecule has 0 radical (unpaired) electrons. The third-order valence-corrected chi connectivity index (χ3v) is 3.82. The summed E-state index contributed by atoms with van der Waals surface area (Å²) in [7, 11) is 0. The average molecular weight is 299 g/mol. The SMILES string of the molecule is CCCOc1cc(N)cc(Sc2nc3ccccc3[nH]2)c1. The number of aromatic amines is 1. The van der Waals surface area contributed by atoms with Crippen molar-refractivity contribution in [1.29, 1.82) is 0 Å². The van der Waals surface area contributed by atoms with E-state index in [1.54, 1.807) is 11.8 Å². The number of para-hydroxylation sites is 2. The van der Waals surface area contributed by atoms with Crippen molar-refractivity contribution in [1.82, 2.24) is 9.97 Å². The minimum Gasteiger partial charge on any atom is -0.493 e. The lowest BCUT2D eigenvalue weighted by Crippen LogP contribution is -1.96. The van der Waals surface area contributed by atoms with Crippen LogP contribution in [0.3, 0.4) is 0 Å². The first-order valence-electron chi connectivity index (χ1n) is 6.90. The standard InChI is InChI=1S/C16H17N3OS/c1-2-7-20-12-8-11(17)9-13(10-12)21-16-18-14-5-3-4-6-15(14)19-16/h3-6,8-10H,2,7,17H2,1H3,(H,18,19). The first-order valence-corrected chi connectivity index (χ1v) is 7.72. The summed E-state index contributed by atoms with van der Waals surface area (Å²) in [6.07, 6.45) is 0.973.